The van der Waals surface area contributed by atoms with Gasteiger partial charge in [0.25, 0.3) is 0 Å². The maximum Gasteiger partial charge on any atom is 0.411 e. The van der Waals surface area contributed by atoms with E-state index in [2.05, 4.69) is 16.0 Å². The van der Waals surface area contributed by atoms with Crippen molar-refractivity contribution in [2.45, 2.75) is 32.4 Å². The van der Waals surface area contributed by atoms with Crippen molar-refractivity contribution in [1.82, 2.24) is 5.32 Å². The second-order valence-electron chi connectivity index (χ2n) is 8.33. The molecule has 0 aromatic heterocycles. The Balaban J connectivity index is 1.70. The van der Waals surface area contributed by atoms with Crippen LogP contribution in [0.5, 0.6) is 0 Å². The van der Waals surface area contributed by atoms with E-state index in [0.29, 0.717) is 23.4 Å². The summed E-state index contributed by atoms with van der Waals surface area (Å²) in [5.74, 6) is -0.767. The molecule has 35 heavy (non-hydrogen) atoms. The van der Waals surface area contributed by atoms with Crippen LogP contribution in [0, 0.1) is 0 Å². The summed E-state index contributed by atoms with van der Waals surface area (Å²) in [6, 6.07) is 19.1. The molecule has 2 heterocycles. The van der Waals surface area contributed by atoms with Crippen LogP contribution in [0.25, 0.3) is 0 Å². The van der Waals surface area contributed by atoms with E-state index in [1.807, 2.05) is 31.2 Å². The SMILES string of the molecule is CCc1cc2ccc1CCOC(=O)Nc1cccc(c1)CNC(=O)C2Nc1cccc(C(N)=O)c1. The molecule has 0 radical (unpaired) electrons. The Bertz CT molecular complexity index is 1260. The van der Waals surface area contributed by atoms with Crippen LogP contribution in [0.2, 0.25) is 0 Å². The van der Waals surface area contributed by atoms with Crippen molar-refractivity contribution < 1.29 is 19.1 Å². The predicted molar refractivity (Wildman–Crippen MR) is 134 cm³/mol. The minimum atomic E-state index is -0.704. The predicted octanol–water partition coefficient (Wildman–Crippen LogP) is 3.92. The van der Waals surface area contributed by atoms with E-state index in [-0.39, 0.29) is 19.1 Å². The summed E-state index contributed by atoms with van der Waals surface area (Å²) in [7, 11) is 0. The fourth-order valence-corrected chi connectivity index (χ4v) is 4.09. The molecule has 0 saturated heterocycles. The Kier molecular flexibility index (Phi) is 7.30. The quantitative estimate of drug-likeness (QED) is 0.458. The van der Waals surface area contributed by atoms with Gasteiger partial charge in [0.2, 0.25) is 11.8 Å². The summed E-state index contributed by atoms with van der Waals surface area (Å²) in [6.07, 6.45) is 0.795. The third-order valence-corrected chi connectivity index (χ3v) is 5.91. The van der Waals surface area contributed by atoms with Gasteiger partial charge in [0.05, 0.1) is 6.61 Å². The van der Waals surface area contributed by atoms with Gasteiger partial charge in [0, 0.05) is 29.9 Å². The van der Waals surface area contributed by atoms with Gasteiger partial charge in [-0.05, 0) is 59.0 Å². The van der Waals surface area contributed by atoms with E-state index < -0.39 is 18.0 Å². The Morgan fingerprint density at radius 1 is 1.09 bits per heavy atom. The van der Waals surface area contributed by atoms with Crippen molar-refractivity contribution >= 4 is 29.3 Å². The molecule has 1 atom stereocenters. The van der Waals surface area contributed by atoms with E-state index in [1.54, 1.807) is 42.5 Å². The molecule has 8 heteroatoms. The zero-order chi connectivity index (χ0) is 24.8. The molecule has 0 spiro atoms. The number of aryl methyl sites for hydroxylation is 1. The molecule has 180 valence electrons. The van der Waals surface area contributed by atoms with Crippen LogP contribution in [0.15, 0.2) is 66.7 Å². The lowest BCUT2D eigenvalue weighted by atomic mass is 9.95. The highest BCUT2D eigenvalue weighted by Crippen LogP contribution is 2.25. The monoisotopic (exact) mass is 472 g/mol. The third-order valence-electron chi connectivity index (χ3n) is 5.91. The largest absolute Gasteiger partial charge is 0.449 e. The van der Waals surface area contributed by atoms with Crippen LogP contribution < -0.4 is 21.7 Å². The molecular formula is C27H28N4O4. The van der Waals surface area contributed by atoms with E-state index in [4.69, 9.17) is 10.5 Å². The lowest BCUT2D eigenvalue weighted by Crippen LogP contribution is -2.33. The van der Waals surface area contributed by atoms with Gasteiger partial charge in [-0.25, -0.2) is 4.79 Å². The van der Waals surface area contributed by atoms with Gasteiger partial charge < -0.3 is 21.1 Å². The zero-order valence-electron chi connectivity index (χ0n) is 19.5. The van der Waals surface area contributed by atoms with Gasteiger partial charge in [0.15, 0.2) is 0 Å². The second-order valence-corrected chi connectivity index (χ2v) is 8.33. The molecule has 0 aliphatic carbocycles. The Hall–Kier alpha value is -4.33. The molecule has 5 N–H and O–H groups in total. The number of carbonyl (C=O) groups is 3. The Morgan fingerprint density at radius 3 is 2.71 bits per heavy atom. The third kappa shape index (κ3) is 5.97. The van der Waals surface area contributed by atoms with Crippen LogP contribution in [0.4, 0.5) is 16.2 Å². The molecule has 4 bridgehead atoms. The van der Waals surface area contributed by atoms with Crippen LogP contribution in [0.1, 0.15) is 45.6 Å². The molecule has 2 aliphatic heterocycles. The first-order valence-electron chi connectivity index (χ1n) is 11.5. The summed E-state index contributed by atoms with van der Waals surface area (Å²) < 4.78 is 5.37. The molecule has 0 saturated carbocycles. The van der Waals surface area contributed by atoms with Gasteiger partial charge in [-0.1, -0.05) is 43.3 Å². The smallest absolute Gasteiger partial charge is 0.411 e. The first-order chi connectivity index (χ1) is 16.9. The highest BCUT2D eigenvalue weighted by molar-refractivity contribution is 5.94. The molecule has 0 fully saturated rings. The molecule has 2 aliphatic rings. The number of nitrogens with one attached hydrogen (secondary N) is 3. The lowest BCUT2D eigenvalue weighted by molar-refractivity contribution is -0.122. The van der Waals surface area contributed by atoms with Gasteiger partial charge in [0.1, 0.15) is 6.04 Å². The second kappa shape index (κ2) is 10.7. The maximum absolute atomic E-state index is 13.4. The van der Waals surface area contributed by atoms with Gasteiger partial charge in [-0.3, -0.25) is 14.9 Å². The summed E-state index contributed by atoms with van der Waals surface area (Å²) in [6.45, 7) is 2.54. The normalized spacial score (nSPS) is 16.1. The van der Waals surface area contributed by atoms with Crippen LogP contribution in [-0.2, 0) is 28.9 Å². The average Bonchev–Trinajstić information content (AvgIpc) is 2.86. The number of fused-ring (bicyclic) bond motifs is 9. The minimum absolute atomic E-state index is 0.228. The van der Waals surface area contributed by atoms with Gasteiger partial charge in [-0.15, -0.1) is 0 Å². The topological polar surface area (TPSA) is 123 Å². The molecule has 3 aromatic rings. The van der Waals surface area contributed by atoms with E-state index >= 15 is 0 Å². The fourth-order valence-electron chi connectivity index (χ4n) is 4.09. The number of primary amides is 1. The number of carbonyl (C=O) groups excluding carboxylic acids is 3. The van der Waals surface area contributed by atoms with Crippen molar-refractivity contribution in [3.8, 4) is 0 Å². The summed E-state index contributed by atoms with van der Waals surface area (Å²) in [5.41, 5.74) is 10.7. The number of amides is 3. The molecule has 3 amide bonds. The number of rotatable bonds is 4. The van der Waals surface area contributed by atoms with E-state index in [1.165, 1.54) is 0 Å². The van der Waals surface area contributed by atoms with Crippen LogP contribution in [-0.4, -0.2) is 24.5 Å². The van der Waals surface area contributed by atoms with E-state index in [0.717, 1.165) is 28.7 Å². The molecule has 5 rings (SSSR count). The van der Waals surface area contributed by atoms with E-state index in [9.17, 15) is 14.4 Å². The van der Waals surface area contributed by atoms with Crippen LogP contribution in [0.3, 0.4) is 0 Å². The van der Waals surface area contributed by atoms with Crippen molar-refractivity contribution in [3.05, 3.63) is 94.5 Å². The first-order valence-corrected chi connectivity index (χ1v) is 11.5. The summed E-state index contributed by atoms with van der Waals surface area (Å²) >= 11 is 0. The fraction of sp³-hybridized carbons (Fsp3) is 0.222. The molecule has 3 aromatic carbocycles. The van der Waals surface area contributed by atoms with Gasteiger partial charge in [-0.2, -0.15) is 0 Å². The highest BCUT2D eigenvalue weighted by Gasteiger charge is 2.22. The number of hydrogen-bond acceptors (Lipinski definition) is 5. The number of ether oxygens (including phenoxy) is 1. The van der Waals surface area contributed by atoms with Crippen molar-refractivity contribution in [2.24, 2.45) is 5.73 Å². The van der Waals surface area contributed by atoms with Crippen LogP contribution >= 0.6 is 0 Å². The van der Waals surface area contributed by atoms with Gasteiger partial charge >= 0.3 is 6.09 Å². The summed E-state index contributed by atoms with van der Waals surface area (Å²) in [5, 5.41) is 8.97. The maximum atomic E-state index is 13.4. The Morgan fingerprint density at radius 2 is 1.91 bits per heavy atom. The first kappa shape index (κ1) is 23.8. The molecular weight excluding hydrogens is 444 g/mol. The number of hydrogen-bond donors (Lipinski definition) is 4. The molecule has 8 nitrogen and oxygen atoms in total. The van der Waals surface area contributed by atoms with Crippen molar-refractivity contribution in [3.63, 3.8) is 0 Å². The lowest BCUT2D eigenvalue weighted by Gasteiger charge is -2.22. The Labute approximate surface area is 203 Å². The van der Waals surface area contributed by atoms with Crippen molar-refractivity contribution in [1.29, 1.82) is 0 Å². The summed E-state index contributed by atoms with van der Waals surface area (Å²) in [4.78, 5) is 37.2. The zero-order valence-corrected chi connectivity index (χ0v) is 19.5. The number of benzene rings is 3. The standard InChI is InChI=1S/C27H28N4O4/c1-2-18-14-20-10-9-19(18)11-12-35-27(34)31-22-7-3-5-17(13-22)16-29-26(33)24(20)30-23-8-4-6-21(15-23)25(28)32/h3-10,13-15,24,30H,2,11-12,16H2,1H3,(H2,28,32)(H,29,33)(H,31,34). The molecule has 1 unspecified atom stereocenters. The number of nitrogens with two attached hydrogens (primary N) is 1. The number of anilines is 2. The highest BCUT2D eigenvalue weighted by atomic mass is 16.5. The van der Waals surface area contributed by atoms with Crippen molar-refractivity contribution in [2.75, 3.05) is 17.2 Å². The minimum Gasteiger partial charge on any atom is -0.449 e. The average molecular weight is 473 g/mol.